The number of nitrogens with zero attached hydrogens (tertiary/aromatic N) is 3. The van der Waals surface area contributed by atoms with Gasteiger partial charge in [-0.1, -0.05) is 18.2 Å². The van der Waals surface area contributed by atoms with E-state index < -0.39 is 28.5 Å². The minimum absolute atomic E-state index is 0.0619. The molecule has 0 atom stereocenters. The third-order valence-electron chi connectivity index (χ3n) is 4.61. The number of hydrogen-bond acceptors (Lipinski definition) is 7. The minimum atomic E-state index is -3.58. The Hall–Kier alpha value is -3.57. The van der Waals surface area contributed by atoms with Crippen molar-refractivity contribution in [1.82, 2.24) is 14.1 Å². The van der Waals surface area contributed by atoms with Crippen molar-refractivity contribution in [3.8, 4) is 0 Å². The first-order chi connectivity index (χ1) is 15.1. The Bertz CT molecular complexity index is 1330. The monoisotopic (exact) mass is 458 g/mol. The summed E-state index contributed by atoms with van der Waals surface area (Å²) >= 11 is 0. The molecule has 0 aliphatic rings. The summed E-state index contributed by atoms with van der Waals surface area (Å²) in [5, 5.41) is 7.26. The maximum Gasteiger partial charge on any atom is 0.359 e. The topological polar surface area (TPSA) is 128 Å². The van der Waals surface area contributed by atoms with E-state index in [0.717, 1.165) is 8.99 Å². The molecule has 1 heterocycles. The number of esters is 1. The number of nitrogens with one attached hydrogen (secondary N) is 1. The minimum Gasteiger partial charge on any atom is -0.451 e. The number of anilines is 1. The largest absolute Gasteiger partial charge is 0.451 e. The number of benzene rings is 2. The Balaban J connectivity index is 1.70. The molecular weight excluding hydrogens is 436 g/mol. The van der Waals surface area contributed by atoms with Gasteiger partial charge in [0.15, 0.2) is 12.3 Å². The van der Waals surface area contributed by atoms with E-state index in [1.54, 1.807) is 31.2 Å². The molecule has 1 N–H and O–H groups in total. The number of carbonyl (C=O) groups excluding carboxylic acids is 2. The Kier molecular flexibility index (Phi) is 6.70. The Morgan fingerprint density at radius 2 is 1.69 bits per heavy atom. The maximum absolute atomic E-state index is 12.6. The molecule has 10 nitrogen and oxygen atoms in total. The second kappa shape index (κ2) is 9.28. The number of ether oxygens (including phenoxy) is 1. The number of hydrogen-bond donors (Lipinski definition) is 1. The van der Waals surface area contributed by atoms with Crippen molar-refractivity contribution in [1.29, 1.82) is 0 Å². The summed E-state index contributed by atoms with van der Waals surface area (Å²) in [7, 11) is -0.740. The molecule has 0 aliphatic heterocycles. The van der Waals surface area contributed by atoms with E-state index in [0.29, 0.717) is 16.5 Å². The van der Waals surface area contributed by atoms with Gasteiger partial charge in [0.05, 0.1) is 10.3 Å². The molecule has 168 valence electrons. The average molecular weight is 458 g/mol. The van der Waals surface area contributed by atoms with Gasteiger partial charge >= 0.3 is 5.97 Å². The number of carbonyl (C=O) groups is 2. The first-order valence-electron chi connectivity index (χ1n) is 9.64. The lowest BCUT2D eigenvalue weighted by Crippen LogP contribution is -2.27. The number of amides is 1. The van der Waals surface area contributed by atoms with Crippen LogP contribution in [0.15, 0.2) is 58.2 Å². The predicted molar refractivity (Wildman–Crippen MR) is 118 cm³/mol. The lowest BCUT2D eigenvalue weighted by Gasteiger charge is -2.12. The summed E-state index contributed by atoms with van der Waals surface area (Å²) in [5.74, 6) is -1.46. The van der Waals surface area contributed by atoms with Gasteiger partial charge in [-0.25, -0.2) is 22.2 Å². The van der Waals surface area contributed by atoms with E-state index in [1.807, 2.05) is 0 Å². The lowest BCUT2D eigenvalue weighted by molar-refractivity contribution is -0.119. The summed E-state index contributed by atoms with van der Waals surface area (Å²) in [6.45, 7) is 1.41. The molecule has 0 fully saturated rings. The van der Waals surface area contributed by atoms with Crippen molar-refractivity contribution in [3.05, 3.63) is 64.6 Å². The zero-order valence-electron chi connectivity index (χ0n) is 17.7. The molecular formula is C21H22N4O6S. The molecule has 0 unspecified atom stereocenters. The van der Waals surface area contributed by atoms with Gasteiger partial charge < -0.3 is 10.1 Å². The van der Waals surface area contributed by atoms with E-state index >= 15 is 0 Å². The Labute approximate surface area is 184 Å². The van der Waals surface area contributed by atoms with Crippen LogP contribution < -0.4 is 10.9 Å². The fraction of sp³-hybridized carbons (Fsp3) is 0.238. The van der Waals surface area contributed by atoms with E-state index in [9.17, 15) is 22.8 Å². The zero-order chi connectivity index (χ0) is 23.5. The molecule has 32 heavy (non-hydrogen) atoms. The van der Waals surface area contributed by atoms with Crippen LogP contribution in [0.4, 0.5) is 5.69 Å². The second-order valence-electron chi connectivity index (χ2n) is 6.95. The summed E-state index contributed by atoms with van der Waals surface area (Å²) in [5.41, 5.74) is -0.0444. The summed E-state index contributed by atoms with van der Waals surface area (Å²) in [6.07, 6.45) is 0. The van der Waals surface area contributed by atoms with E-state index in [-0.39, 0.29) is 22.7 Å². The van der Waals surface area contributed by atoms with E-state index in [4.69, 9.17) is 4.74 Å². The summed E-state index contributed by atoms with van der Waals surface area (Å²) in [4.78, 5) is 37.2. The van der Waals surface area contributed by atoms with Crippen LogP contribution in [-0.4, -0.2) is 55.1 Å². The van der Waals surface area contributed by atoms with Crippen LogP contribution in [0.3, 0.4) is 0 Å². The van der Waals surface area contributed by atoms with Gasteiger partial charge in [0.25, 0.3) is 11.5 Å². The first-order valence-corrected chi connectivity index (χ1v) is 11.1. The maximum atomic E-state index is 12.6. The SMILES string of the molecule is CCn1nc(C(=O)OCC(=O)Nc2ccc(S(=O)(=O)N(C)C)cc2)c2ccccc2c1=O. The van der Waals surface area contributed by atoms with Gasteiger partial charge in [-0.15, -0.1) is 0 Å². The number of aromatic nitrogens is 2. The highest BCUT2D eigenvalue weighted by molar-refractivity contribution is 7.89. The third-order valence-corrected chi connectivity index (χ3v) is 6.44. The molecule has 3 rings (SSSR count). The molecule has 0 bridgehead atoms. The van der Waals surface area contributed by atoms with Crippen LogP contribution >= 0.6 is 0 Å². The normalized spacial score (nSPS) is 11.5. The number of rotatable bonds is 7. The van der Waals surface area contributed by atoms with Crippen LogP contribution in [0.25, 0.3) is 10.8 Å². The molecule has 0 radical (unpaired) electrons. The van der Waals surface area contributed by atoms with Gasteiger partial charge in [-0.3, -0.25) is 9.59 Å². The van der Waals surface area contributed by atoms with Crippen molar-refractivity contribution in [2.24, 2.45) is 0 Å². The van der Waals surface area contributed by atoms with Gasteiger partial charge in [0.2, 0.25) is 10.0 Å². The Morgan fingerprint density at radius 3 is 2.28 bits per heavy atom. The van der Waals surface area contributed by atoms with Gasteiger partial charge in [-0.2, -0.15) is 5.10 Å². The van der Waals surface area contributed by atoms with Crippen LogP contribution in [0, 0.1) is 0 Å². The van der Waals surface area contributed by atoms with E-state index in [2.05, 4.69) is 10.4 Å². The zero-order valence-corrected chi connectivity index (χ0v) is 18.5. The molecule has 11 heteroatoms. The van der Waals surface area contributed by atoms with Crippen molar-refractivity contribution in [2.45, 2.75) is 18.4 Å². The second-order valence-corrected chi connectivity index (χ2v) is 9.10. The number of aryl methyl sites for hydroxylation is 1. The molecule has 3 aromatic rings. The molecule has 2 aromatic carbocycles. The molecule has 0 saturated carbocycles. The summed E-state index contributed by atoms with van der Waals surface area (Å²) < 4.78 is 31.5. The highest BCUT2D eigenvalue weighted by Gasteiger charge is 2.19. The van der Waals surface area contributed by atoms with Crippen molar-refractivity contribution >= 4 is 38.4 Å². The highest BCUT2D eigenvalue weighted by Crippen LogP contribution is 2.17. The molecule has 1 aromatic heterocycles. The lowest BCUT2D eigenvalue weighted by atomic mass is 10.1. The van der Waals surface area contributed by atoms with Gasteiger partial charge in [-0.05, 0) is 37.3 Å². The van der Waals surface area contributed by atoms with Crippen molar-refractivity contribution < 1.29 is 22.7 Å². The predicted octanol–water partition coefficient (Wildman–Crippen LogP) is 1.46. The van der Waals surface area contributed by atoms with Gasteiger partial charge in [0.1, 0.15) is 0 Å². The van der Waals surface area contributed by atoms with Crippen LogP contribution in [-0.2, 0) is 26.1 Å². The Morgan fingerprint density at radius 1 is 1.06 bits per heavy atom. The fourth-order valence-corrected chi connectivity index (χ4v) is 3.82. The number of fused-ring (bicyclic) bond motifs is 1. The van der Waals surface area contributed by atoms with E-state index in [1.165, 1.54) is 38.4 Å². The highest BCUT2D eigenvalue weighted by atomic mass is 32.2. The molecule has 0 spiro atoms. The van der Waals surface area contributed by atoms with Crippen LogP contribution in [0.5, 0.6) is 0 Å². The standard InChI is InChI=1S/C21H22N4O6S/c1-4-25-20(27)17-8-6-5-7-16(17)19(23-25)21(28)31-13-18(26)22-14-9-11-15(12-10-14)32(29,30)24(2)3/h5-12H,4,13H2,1-3H3,(H,22,26). The average Bonchev–Trinajstić information content (AvgIpc) is 2.78. The summed E-state index contributed by atoms with van der Waals surface area (Å²) in [6, 6.07) is 12.1. The van der Waals surface area contributed by atoms with Crippen LogP contribution in [0.1, 0.15) is 17.4 Å². The molecule has 0 aliphatic carbocycles. The van der Waals surface area contributed by atoms with Crippen molar-refractivity contribution in [3.63, 3.8) is 0 Å². The quantitative estimate of drug-likeness (QED) is 0.531. The smallest absolute Gasteiger partial charge is 0.359 e. The number of sulfonamides is 1. The van der Waals surface area contributed by atoms with Crippen molar-refractivity contribution in [2.75, 3.05) is 26.0 Å². The molecule has 1 amide bonds. The van der Waals surface area contributed by atoms with Crippen LogP contribution in [0.2, 0.25) is 0 Å². The fourth-order valence-electron chi connectivity index (χ4n) is 2.92. The third kappa shape index (κ3) is 4.68. The molecule has 0 saturated heterocycles. The first kappa shape index (κ1) is 23.1. The van der Waals surface area contributed by atoms with Gasteiger partial charge in [0, 0.05) is 31.7 Å².